The van der Waals surface area contributed by atoms with Crippen LogP contribution in [0.1, 0.15) is 309 Å². The van der Waals surface area contributed by atoms with Gasteiger partial charge in [0.2, 0.25) is 0 Å². The molecule has 0 spiro atoms. The lowest BCUT2D eigenvalue weighted by Crippen LogP contribution is -2.40. The fourth-order valence-electron chi connectivity index (χ4n) is 9.65. The van der Waals surface area contributed by atoms with Gasteiger partial charge in [-0.3, -0.25) is 9.59 Å². The Morgan fingerprint density at radius 2 is 0.722 bits per heavy atom. The molecule has 0 aromatic rings. The number of hydrogen-bond acceptors (Lipinski definition) is 7. The van der Waals surface area contributed by atoms with E-state index < -0.39 is 24.3 Å². The van der Waals surface area contributed by atoms with E-state index in [1.165, 1.54) is 212 Å². The first-order chi connectivity index (χ1) is 38.6. The van der Waals surface area contributed by atoms with Crippen LogP contribution in [0.25, 0.3) is 0 Å². The lowest BCUT2D eigenvalue weighted by Gasteiger charge is -2.25. The van der Waals surface area contributed by atoms with Crippen molar-refractivity contribution in [1.82, 2.24) is 0 Å². The highest BCUT2D eigenvalue weighted by molar-refractivity contribution is 5.71. The molecule has 79 heavy (non-hydrogen) atoms. The van der Waals surface area contributed by atoms with Crippen molar-refractivity contribution in [3.05, 3.63) is 60.8 Å². The molecule has 0 saturated carbocycles. The van der Waals surface area contributed by atoms with Gasteiger partial charge in [-0.25, -0.2) is 4.79 Å². The number of rotatable bonds is 62. The summed E-state index contributed by atoms with van der Waals surface area (Å²) in [6.45, 7) is 4.74. The van der Waals surface area contributed by atoms with E-state index in [0.29, 0.717) is 23.9 Å². The average Bonchev–Trinajstić information content (AvgIpc) is 3.42. The molecule has 0 fully saturated rings. The van der Waals surface area contributed by atoms with Crippen LogP contribution in [0.4, 0.5) is 0 Å². The summed E-state index contributed by atoms with van der Waals surface area (Å²) in [6, 6.07) is 0. The fraction of sp³-hybridized carbons (Fsp3) is 0.814. The van der Waals surface area contributed by atoms with Gasteiger partial charge in [0.05, 0.1) is 34.4 Å². The summed E-state index contributed by atoms with van der Waals surface area (Å²) in [4.78, 5) is 37.4. The smallest absolute Gasteiger partial charge is 0.361 e. The number of nitrogens with zero attached hydrogens (tertiary/aromatic N) is 1. The summed E-state index contributed by atoms with van der Waals surface area (Å²) < 4.78 is 22.8. The SMILES string of the molecule is CC/C=C\C/C=C\C/C=C\CCCCCC(=O)OC(COC(=O)CCCCCCCCCCCCCCCCCCCCCCCCCCCCCCC/C=C\C/C=C\CCCCCCC)COC(OCC[N+](C)(C)C)C(=O)O. The Kier molecular flexibility index (Phi) is 58.7. The number of carboxylic acid groups (broad SMARTS) is 1. The van der Waals surface area contributed by atoms with Crippen molar-refractivity contribution in [2.24, 2.45) is 0 Å². The number of carbonyl (C=O) groups is 3. The molecule has 0 aliphatic heterocycles. The van der Waals surface area contributed by atoms with Crippen molar-refractivity contribution < 1.29 is 42.9 Å². The average molecular weight is 1110 g/mol. The molecule has 9 heteroatoms. The highest BCUT2D eigenvalue weighted by atomic mass is 16.7. The molecular formula is C70H128NO8+. The number of carbonyl (C=O) groups excluding carboxylic acids is 2. The molecule has 9 nitrogen and oxygen atoms in total. The molecule has 0 heterocycles. The van der Waals surface area contributed by atoms with Crippen molar-refractivity contribution in [2.45, 2.75) is 322 Å². The first-order valence-electron chi connectivity index (χ1n) is 33.5. The molecule has 0 aromatic heterocycles. The second-order valence-electron chi connectivity index (χ2n) is 23.7. The molecule has 2 atom stereocenters. The molecule has 0 aromatic carbocycles. The van der Waals surface area contributed by atoms with Crippen LogP contribution >= 0.6 is 0 Å². The van der Waals surface area contributed by atoms with Gasteiger partial charge in [-0.05, 0) is 77.0 Å². The number of ether oxygens (including phenoxy) is 4. The molecule has 0 saturated heterocycles. The van der Waals surface area contributed by atoms with Gasteiger partial charge in [-0.2, -0.15) is 0 Å². The number of esters is 2. The Hall–Kier alpha value is -3.01. The third-order valence-electron chi connectivity index (χ3n) is 14.8. The zero-order valence-electron chi connectivity index (χ0n) is 52.5. The maximum absolute atomic E-state index is 12.8. The molecule has 2 unspecified atom stereocenters. The zero-order valence-corrected chi connectivity index (χ0v) is 52.5. The van der Waals surface area contributed by atoms with Gasteiger partial charge >= 0.3 is 17.9 Å². The van der Waals surface area contributed by atoms with Crippen molar-refractivity contribution >= 4 is 17.9 Å². The summed E-state index contributed by atoms with van der Waals surface area (Å²) in [5.41, 5.74) is 0. The molecule has 0 bridgehead atoms. The Labute approximate surface area is 488 Å². The molecule has 0 rings (SSSR count). The monoisotopic (exact) mass is 1110 g/mol. The number of quaternary nitrogens is 1. The first kappa shape index (κ1) is 76.0. The van der Waals surface area contributed by atoms with Crippen LogP contribution in [0.5, 0.6) is 0 Å². The number of aliphatic carboxylic acids is 1. The summed E-state index contributed by atoms with van der Waals surface area (Å²) >= 11 is 0. The predicted molar refractivity (Wildman–Crippen MR) is 336 cm³/mol. The maximum atomic E-state index is 12.8. The molecular weight excluding hydrogens is 983 g/mol. The molecule has 0 radical (unpaired) electrons. The van der Waals surface area contributed by atoms with Crippen LogP contribution in [0, 0.1) is 0 Å². The van der Waals surface area contributed by atoms with Gasteiger partial charge in [0.25, 0.3) is 6.29 Å². The quantitative estimate of drug-likeness (QED) is 0.0211. The van der Waals surface area contributed by atoms with E-state index >= 15 is 0 Å². The summed E-state index contributed by atoms with van der Waals surface area (Å²) in [6.07, 6.45) is 76.6. The van der Waals surface area contributed by atoms with Crippen molar-refractivity contribution in [2.75, 3.05) is 47.5 Å². The standard InChI is InChI=1S/C70H127NO8/c1-6-8-10-12-14-16-18-20-21-22-23-24-25-26-27-28-29-30-31-32-33-34-35-36-37-38-39-40-41-42-43-44-45-46-47-49-50-52-54-56-58-60-67(72)77-64-66(65-78-70(69(74)75)76-63-62-71(3,4)5)79-68(73)61-59-57-55-53-51-48-19-17-15-13-11-9-7-2/h9,11,15,17-18,20,22-23,48,51,66,70H,6-8,10,12-14,16,19,21,24-47,49-50,52-65H2,1-5H3/p+1/b11-9-,17-15-,20-18-,23-22-,51-48-. The van der Waals surface area contributed by atoms with Gasteiger partial charge in [0, 0.05) is 12.8 Å². The topological polar surface area (TPSA) is 108 Å². The molecule has 0 aliphatic carbocycles. The summed E-state index contributed by atoms with van der Waals surface area (Å²) in [5, 5.41) is 9.69. The normalized spacial score (nSPS) is 13.1. The Bertz CT molecular complexity index is 1480. The van der Waals surface area contributed by atoms with Gasteiger partial charge in [0.15, 0.2) is 6.10 Å². The van der Waals surface area contributed by atoms with Crippen LogP contribution in [-0.2, 0) is 33.3 Å². The Morgan fingerprint density at radius 1 is 0.392 bits per heavy atom. The minimum atomic E-state index is -1.52. The van der Waals surface area contributed by atoms with Gasteiger partial charge in [-0.1, -0.05) is 280 Å². The number of hydrogen-bond donors (Lipinski definition) is 1. The number of unbranched alkanes of at least 4 members (excludes halogenated alkanes) is 37. The third kappa shape index (κ3) is 62.4. The van der Waals surface area contributed by atoms with Crippen LogP contribution in [0.2, 0.25) is 0 Å². The van der Waals surface area contributed by atoms with Crippen LogP contribution < -0.4 is 0 Å². The minimum Gasteiger partial charge on any atom is -0.477 e. The van der Waals surface area contributed by atoms with E-state index in [2.05, 4.69) is 74.6 Å². The number of allylic oxidation sites excluding steroid dienone is 10. The highest BCUT2D eigenvalue weighted by Crippen LogP contribution is 2.18. The van der Waals surface area contributed by atoms with Crippen molar-refractivity contribution in [3.8, 4) is 0 Å². The molecule has 0 amide bonds. The molecule has 460 valence electrons. The third-order valence-corrected chi connectivity index (χ3v) is 14.8. The Morgan fingerprint density at radius 3 is 1.09 bits per heavy atom. The van der Waals surface area contributed by atoms with Crippen LogP contribution in [0.3, 0.4) is 0 Å². The van der Waals surface area contributed by atoms with Crippen LogP contribution in [-0.4, -0.2) is 87.4 Å². The van der Waals surface area contributed by atoms with E-state index in [9.17, 15) is 19.5 Å². The van der Waals surface area contributed by atoms with Crippen molar-refractivity contribution in [1.29, 1.82) is 0 Å². The highest BCUT2D eigenvalue weighted by Gasteiger charge is 2.25. The van der Waals surface area contributed by atoms with Crippen molar-refractivity contribution in [3.63, 3.8) is 0 Å². The van der Waals surface area contributed by atoms with E-state index in [0.717, 1.165) is 64.2 Å². The first-order valence-corrected chi connectivity index (χ1v) is 33.5. The summed E-state index contributed by atoms with van der Waals surface area (Å²) in [5.74, 6) is -2.04. The maximum Gasteiger partial charge on any atom is 0.361 e. The van der Waals surface area contributed by atoms with Gasteiger partial charge in [-0.15, -0.1) is 0 Å². The van der Waals surface area contributed by atoms with E-state index in [4.69, 9.17) is 18.9 Å². The van der Waals surface area contributed by atoms with E-state index in [1.54, 1.807) is 0 Å². The fourth-order valence-corrected chi connectivity index (χ4v) is 9.65. The summed E-state index contributed by atoms with van der Waals surface area (Å²) in [7, 11) is 5.96. The largest absolute Gasteiger partial charge is 0.477 e. The number of carboxylic acids is 1. The lowest BCUT2D eigenvalue weighted by molar-refractivity contribution is -0.870. The predicted octanol–water partition coefficient (Wildman–Crippen LogP) is 20.4. The van der Waals surface area contributed by atoms with Gasteiger partial charge in [0.1, 0.15) is 13.2 Å². The van der Waals surface area contributed by atoms with Gasteiger partial charge < -0.3 is 28.5 Å². The van der Waals surface area contributed by atoms with E-state index in [1.807, 2.05) is 21.1 Å². The molecule has 1 N–H and O–H groups in total. The second-order valence-corrected chi connectivity index (χ2v) is 23.7. The molecule has 0 aliphatic rings. The number of likely N-dealkylation sites (N-methyl/N-ethyl adjacent to an activating group) is 1. The minimum absolute atomic E-state index is 0.182. The second kappa shape index (κ2) is 61.1. The zero-order chi connectivity index (χ0) is 57.6. The van der Waals surface area contributed by atoms with E-state index in [-0.39, 0.29) is 32.2 Å². The lowest BCUT2D eigenvalue weighted by atomic mass is 10.0. The van der Waals surface area contributed by atoms with Crippen LogP contribution in [0.15, 0.2) is 60.8 Å². The Balaban J connectivity index is 3.87.